The quantitative estimate of drug-likeness (QED) is 0.638. The van der Waals surface area contributed by atoms with E-state index in [1.807, 2.05) is 6.07 Å². The van der Waals surface area contributed by atoms with E-state index in [0.29, 0.717) is 23.3 Å². The van der Waals surface area contributed by atoms with E-state index in [2.05, 4.69) is 30.5 Å². The van der Waals surface area contributed by atoms with Gasteiger partial charge < -0.3 is 10.6 Å². The third-order valence-electron chi connectivity index (χ3n) is 3.40. The van der Waals surface area contributed by atoms with Gasteiger partial charge in [-0.2, -0.15) is 0 Å². The fourth-order valence-corrected chi connectivity index (χ4v) is 4.29. The van der Waals surface area contributed by atoms with E-state index in [-0.39, 0.29) is 0 Å². The van der Waals surface area contributed by atoms with Crippen LogP contribution in [0.5, 0.6) is 0 Å². The third kappa shape index (κ3) is 6.44. The van der Waals surface area contributed by atoms with E-state index < -0.39 is 10.0 Å². The lowest BCUT2D eigenvalue weighted by atomic mass is 10.2. The van der Waals surface area contributed by atoms with Crippen LogP contribution >= 0.6 is 11.3 Å². The highest BCUT2D eigenvalue weighted by atomic mass is 32.2. The first-order valence-corrected chi connectivity index (χ1v) is 9.65. The van der Waals surface area contributed by atoms with E-state index in [1.165, 1.54) is 11.3 Å². The molecule has 0 saturated carbocycles. The molecule has 1 aromatic rings. The van der Waals surface area contributed by atoms with Crippen LogP contribution in [-0.4, -0.2) is 46.0 Å². The van der Waals surface area contributed by atoms with Crippen LogP contribution in [0.25, 0.3) is 0 Å². The summed E-state index contributed by atoms with van der Waals surface area (Å²) in [5.41, 5.74) is 5.48. The van der Waals surface area contributed by atoms with Gasteiger partial charge in [-0.25, -0.2) is 13.1 Å². The Balaban J connectivity index is 2.36. The molecule has 0 saturated heterocycles. The van der Waals surface area contributed by atoms with Crippen LogP contribution in [0.2, 0.25) is 0 Å². The predicted octanol–water partition coefficient (Wildman–Crippen LogP) is 1.65. The van der Waals surface area contributed by atoms with Crippen LogP contribution in [0.4, 0.5) is 0 Å². The molecule has 3 N–H and O–H groups in total. The molecule has 0 bridgehead atoms. The summed E-state index contributed by atoms with van der Waals surface area (Å²) in [6.45, 7) is 6.31. The molecule has 21 heavy (non-hydrogen) atoms. The third-order valence-corrected chi connectivity index (χ3v) is 6.50. The molecule has 0 aromatic carbocycles. The number of unbranched alkanes of at least 4 members (excludes halogenated alkanes) is 1. The zero-order valence-corrected chi connectivity index (χ0v) is 14.8. The molecule has 0 spiro atoms. The number of nitrogens with one attached hydrogen (secondary N) is 1. The lowest BCUT2D eigenvalue weighted by Crippen LogP contribution is -2.28. The second-order valence-electron chi connectivity index (χ2n) is 5.44. The number of sulfonamides is 1. The monoisotopic (exact) mass is 333 g/mol. The highest BCUT2D eigenvalue weighted by molar-refractivity contribution is 7.91. The lowest BCUT2D eigenvalue weighted by molar-refractivity contribution is 0.268. The Bertz CT molecular complexity index is 512. The van der Waals surface area contributed by atoms with Crippen molar-refractivity contribution in [2.45, 2.75) is 43.4 Å². The fraction of sp³-hybridized carbons (Fsp3) is 0.714. The number of hydrogen-bond acceptors (Lipinski definition) is 5. The zero-order valence-electron chi connectivity index (χ0n) is 13.1. The molecule has 0 unspecified atom stereocenters. The summed E-state index contributed by atoms with van der Waals surface area (Å²) < 4.78 is 27.3. The molecular weight excluding hydrogens is 306 g/mol. The molecule has 1 aromatic heterocycles. The fourth-order valence-electron chi connectivity index (χ4n) is 1.80. The zero-order chi connectivity index (χ0) is 15.9. The SMILES string of the molecule is CC(C)N(C)CCCCNS(=O)(=O)c1ccc(CCN)s1. The van der Waals surface area contributed by atoms with Gasteiger partial charge in [0.1, 0.15) is 4.21 Å². The van der Waals surface area contributed by atoms with Crippen LogP contribution < -0.4 is 10.5 Å². The molecule has 0 amide bonds. The number of nitrogens with zero attached hydrogens (tertiary/aromatic N) is 1. The molecule has 0 aliphatic rings. The first-order chi connectivity index (χ1) is 9.86. The van der Waals surface area contributed by atoms with Crippen LogP contribution in [-0.2, 0) is 16.4 Å². The first kappa shape index (κ1) is 18.6. The lowest BCUT2D eigenvalue weighted by Gasteiger charge is -2.20. The van der Waals surface area contributed by atoms with Crippen molar-refractivity contribution in [3.63, 3.8) is 0 Å². The molecule has 1 heterocycles. The van der Waals surface area contributed by atoms with E-state index in [4.69, 9.17) is 5.73 Å². The van der Waals surface area contributed by atoms with Gasteiger partial charge in [0.05, 0.1) is 0 Å². The minimum absolute atomic E-state index is 0.380. The van der Waals surface area contributed by atoms with Gasteiger partial charge in [-0.05, 0) is 65.4 Å². The molecule has 0 fully saturated rings. The van der Waals surface area contributed by atoms with Gasteiger partial charge in [-0.1, -0.05) is 0 Å². The Kier molecular flexibility index (Phi) is 7.83. The standard InChI is InChI=1S/C14H27N3O2S2/c1-12(2)17(3)11-5-4-10-16-21(18,19)14-7-6-13(20-14)8-9-15/h6-7,12,16H,4-5,8-11,15H2,1-3H3. The van der Waals surface area contributed by atoms with Crippen LogP contribution in [0.15, 0.2) is 16.3 Å². The van der Waals surface area contributed by atoms with Crippen molar-refractivity contribution in [3.8, 4) is 0 Å². The normalized spacial score (nSPS) is 12.5. The Morgan fingerprint density at radius 2 is 2.05 bits per heavy atom. The van der Waals surface area contributed by atoms with E-state index in [0.717, 1.165) is 30.7 Å². The van der Waals surface area contributed by atoms with Gasteiger partial charge in [0.2, 0.25) is 10.0 Å². The van der Waals surface area contributed by atoms with Gasteiger partial charge in [0.15, 0.2) is 0 Å². The first-order valence-electron chi connectivity index (χ1n) is 7.35. The highest BCUT2D eigenvalue weighted by Gasteiger charge is 2.15. The molecule has 5 nitrogen and oxygen atoms in total. The molecule has 1 rings (SSSR count). The number of thiophene rings is 1. The van der Waals surface area contributed by atoms with Crippen LogP contribution in [0.3, 0.4) is 0 Å². The molecule has 0 aliphatic heterocycles. The minimum atomic E-state index is -3.36. The van der Waals surface area contributed by atoms with E-state index >= 15 is 0 Å². The van der Waals surface area contributed by atoms with Gasteiger partial charge in [-0.15, -0.1) is 11.3 Å². The topological polar surface area (TPSA) is 75.4 Å². The molecule has 122 valence electrons. The van der Waals surface area contributed by atoms with Gasteiger partial charge in [-0.3, -0.25) is 0 Å². The Morgan fingerprint density at radius 3 is 2.67 bits per heavy atom. The summed E-state index contributed by atoms with van der Waals surface area (Å²) in [5, 5.41) is 0. The van der Waals surface area contributed by atoms with Gasteiger partial charge >= 0.3 is 0 Å². The average Bonchev–Trinajstić information content (AvgIpc) is 2.87. The number of hydrogen-bond donors (Lipinski definition) is 2. The van der Waals surface area contributed by atoms with Gasteiger partial charge in [0.25, 0.3) is 0 Å². The Labute approximate surface area is 132 Å². The van der Waals surface area contributed by atoms with E-state index in [1.54, 1.807) is 6.07 Å². The Morgan fingerprint density at radius 1 is 1.33 bits per heavy atom. The van der Waals surface area contributed by atoms with Crippen molar-refractivity contribution in [1.29, 1.82) is 0 Å². The molecular formula is C14H27N3O2S2. The average molecular weight is 334 g/mol. The van der Waals surface area contributed by atoms with Crippen molar-refractivity contribution in [1.82, 2.24) is 9.62 Å². The maximum absolute atomic E-state index is 12.1. The summed E-state index contributed by atoms with van der Waals surface area (Å²) in [6, 6.07) is 4.02. The van der Waals surface area contributed by atoms with E-state index in [9.17, 15) is 8.42 Å². The predicted molar refractivity (Wildman–Crippen MR) is 89.3 cm³/mol. The largest absolute Gasteiger partial charge is 0.330 e. The smallest absolute Gasteiger partial charge is 0.250 e. The Hall–Kier alpha value is -0.470. The van der Waals surface area contributed by atoms with Crippen molar-refractivity contribution in [3.05, 3.63) is 17.0 Å². The van der Waals surface area contributed by atoms with Gasteiger partial charge in [0, 0.05) is 17.5 Å². The summed E-state index contributed by atoms with van der Waals surface area (Å²) in [6.07, 6.45) is 2.55. The van der Waals surface area contributed by atoms with Crippen molar-refractivity contribution < 1.29 is 8.42 Å². The summed E-state index contributed by atoms with van der Waals surface area (Å²) in [7, 11) is -1.28. The number of nitrogens with two attached hydrogens (primary N) is 1. The number of rotatable bonds is 10. The second-order valence-corrected chi connectivity index (χ2v) is 8.60. The van der Waals surface area contributed by atoms with Crippen LogP contribution in [0.1, 0.15) is 31.6 Å². The maximum atomic E-state index is 12.1. The second kappa shape index (κ2) is 8.85. The van der Waals surface area contributed by atoms with Crippen LogP contribution in [0, 0.1) is 0 Å². The molecule has 0 aliphatic carbocycles. The summed E-state index contributed by atoms with van der Waals surface area (Å²) in [5.74, 6) is 0. The van der Waals surface area contributed by atoms with Crippen molar-refractivity contribution in [2.24, 2.45) is 5.73 Å². The molecule has 0 atom stereocenters. The maximum Gasteiger partial charge on any atom is 0.250 e. The summed E-state index contributed by atoms with van der Waals surface area (Å²) >= 11 is 1.30. The van der Waals surface area contributed by atoms with Crippen molar-refractivity contribution >= 4 is 21.4 Å². The highest BCUT2D eigenvalue weighted by Crippen LogP contribution is 2.21. The van der Waals surface area contributed by atoms with Crippen molar-refractivity contribution in [2.75, 3.05) is 26.7 Å². The molecule has 7 heteroatoms. The minimum Gasteiger partial charge on any atom is -0.330 e. The summed E-state index contributed by atoms with van der Waals surface area (Å²) in [4.78, 5) is 3.27. The molecule has 0 radical (unpaired) electrons.